The van der Waals surface area contributed by atoms with Crippen LogP contribution >= 0.6 is 0 Å². The van der Waals surface area contributed by atoms with Gasteiger partial charge in [0.1, 0.15) is 11.3 Å². The van der Waals surface area contributed by atoms with Crippen LogP contribution in [0.25, 0.3) is 11.0 Å². The van der Waals surface area contributed by atoms with Crippen molar-refractivity contribution in [3.05, 3.63) is 52.4 Å². The van der Waals surface area contributed by atoms with Crippen molar-refractivity contribution in [1.82, 2.24) is 0 Å². The van der Waals surface area contributed by atoms with E-state index in [4.69, 9.17) is 9.15 Å². The topological polar surface area (TPSA) is 59.7 Å². The largest absolute Gasteiger partial charge is 0.496 e. The molecule has 1 heterocycles. The molecule has 0 saturated carbocycles. The van der Waals surface area contributed by atoms with Crippen molar-refractivity contribution in [2.75, 3.05) is 7.11 Å². The molecule has 0 fully saturated rings. The summed E-state index contributed by atoms with van der Waals surface area (Å²) in [6.07, 6.45) is 1.71. The predicted molar refractivity (Wildman–Crippen MR) is 78.2 cm³/mol. The van der Waals surface area contributed by atoms with E-state index in [9.17, 15) is 9.90 Å². The molecule has 1 aromatic heterocycles. The number of rotatable bonds is 4. The first-order valence-electron chi connectivity index (χ1n) is 6.32. The first-order valence-corrected chi connectivity index (χ1v) is 6.32. The van der Waals surface area contributed by atoms with Crippen LogP contribution in [0.4, 0.5) is 0 Å². The summed E-state index contributed by atoms with van der Waals surface area (Å²) >= 11 is 0. The van der Waals surface area contributed by atoms with E-state index < -0.39 is 5.41 Å². The number of aliphatic hydroxyl groups excluding tert-OH is 1. The second-order valence-electron chi connectivity index (χ2n) is 5.23. The summed E-state index contributed by atoms with van der Waals surface area (Å²) in [6.45, 7) is 7.40. The lowest BCUT2D eigenvalue weighted by Crippen LogP contribution is -2.22. The number of hydrogen-bond donors (Lipinski definition) is 1. The van der Waals surface area contributed by atoms with E-state index in [1.165, 1.54) is 7.11 Å². The van der Waals surface area contributed by atoms with Crippen LogP contribution in [0.2, 0.25) is 0 Å². The molecular formula is C16H18O4. The van der Waals surface area contributed by atoms with Crippen molar-refractivity contribution in [3.63, 3.8) is 0 Å². The summed E-state index contributed by atoms with van der Waals surface area (Å²) < 4.78 is 10.5. The van der Waals surface area contributed by atoms with Crippen molar-refractivity contribution in [3.8, 4) is 5.75 Å². The molecule has 0 amide bonds. The molecule has 0 aliphatic heterocycles. The number of allylic oxidation sites excluding steroid dienone is 1. The molecule has 0 saturated heterocycles. The lowest BCUT2D eigenvalue weighted by molar-refractivity contribution is 0.274. The number of aliphatic hydroxyl groups is 1. The average Bonchev–Trinajstić information content (AvgIpc) is 2.44. The van der Waals surface area contributed by atoms with Crippen LogP contribution in [0.3, 0.4) is 0 Å². The zero-order valence-electron chi connectivity index (χ0n) is 11.9. The molecule has 0 aliphatic rings. The lowest BCUT2D eigenvalue weighted by atomic mass is 9.85. The zero-order chi connectivity index (χ0) is 14.9. The minimum absolute atomic E-state index is 0.140. The fourth-order valence-electron chi connectivity index (χ4n) is 2.07. The number of hydrogen-bond acceptors (Lipinski definition) is 4. The van der Waals surface area contributed by atoms with Crippen LogP contribution in [0.5, 0.6) is 5.75 Å². The van der Waals surface area contributed by atoms with Crippen molar-refractivity contribution in [2.45, 2.75) is 25.9 Å². The van der Waals surface area contributed by atoms with Gasteiger partial charge in [-0.05, 0) is 12.1 Å². The third-order valence-corrected chi connectivity index (χ3v) is 3.51. The second-order valence-corrected chi connectivity index (χ2v) is 5.23. The SMILES string of the molecule is C=CC(C)(C)c1cc2cc(CO)c(OC)cc2oc1=O. The molecule has 2 rings (SSSR count). The molecule has 20 heavy (non-hydrogen) atoms. The van der Waals surface area contributed by atoms with Gasteiger partial charge in [-0.15, -0.1) is 6.58 Å². The van der Waals surface area contributed by atoms with Crippen LogP contribution in [-0.2, 0) is 12.0 Å². The minimum atomic E-state index is -0.478. The van der Waals surface area contributed by atoms with Gasteiger partial charge in [-0.2, -0.15) is 0 Å². The number of fused-ring (bicyclic) bond motifs is 1. The van der Waals surface area contributed by atoms with Crippen molar-refractivity contribution in [1.29, 1.82) is 0 Å². The Kier molecular flexibility index (Phi) is 3.68. The maximum Gasteiger partial charge on any atom is 0.340 e. The third kappa shape index (κ3) is 2.34. The quantitative estimate of drug-likeness (QED) is 0.688. The Morgan fingerprint density at radius 1 is 1.40 bits per heavy atom. The molecule has 4 nitrogen and oxygen atoms in total. The highest BCUT2D eigenvalue weighted by molar-refractivity contribution is 5.80. The first kappa shape index (κ1) is 14.3. The van der Waals surface area contributed by atoms with Crippen LogP contribution in [0.1, 0.15) is 25.0 Å². The van der Waals surface area contributed by atoms with Gasteiger partial charge < -0.3 is 14.3 Å². The van der Waals surface area contributed by atoms with Gasteiger partial charge in [0.2, 0.25) is 0 Å². The molecule has 4 heteroatoms. The molecule has 0 spiro atoms. The Hall–Kier alpha value is -2.07. The third-order valence-electron chi connectivity index (χ3n) is 3.51. The summed E-state index contributed by atoms with van der Waals surface area (Å²) in [4.78, 5) is 12.1. The minimum Gasteiger partial charge on any atom is -0.496 e. The summed E-state index contributed by atoms with van der Waals surface area (Å²) in [5.41, 5.74) is 0.757. The van der Waals surface area contributed by atoms with Crippen molar-refractivity contribution in [2.24, 2.45) is 0 Å². The lowest BCUT2D eigenvalue weighted by Gasteiger charge is -2.19. The van der Waals surface area contributed by atoms with Crippen LogP contribution in [-0.4, -0.2) is 12.2 Å². The average molecular weight is 274 g/mol. The van der Waals surface area contributed by atoms with Gasteiger partial charge in [-0.3, -0.25) is 0 Å². The fourth-order valence-corrected chi connectivity index (χ4v) is 2.07. The highest BCUT2D eigenvalue weighted by atomic mass is 16.5. The first-order chi connectivity index (χ1) is 9.42. The molecule has 1 N–H and O–H groups in total. The fraction of sp³-hybridized carbons (Fsp3) is 0.312. The van der Waals surface area contributed by atoms with Crippen molar-refractivity contribution < 1.29 is 14.3 Å². The molecule has 0 unspecified atom stereocenters. The summed E-state index contributed by atoms with van der Waals surface area (Å²) in [6, 6.07) is 5.16. The second kappa shape index (κ2) is 5.13. The van der Waals surface area contributed by atoms with Crippen LogP contribution in [0, 0.1) is 0 Å². The van der Waals surface area contributed by atoms with E-state index in [2.05, 4.69) is 6.58 Å². The zero-order valence-corrected chi connectivity index (χ0v) is 11.9. The van der Waals surface area contributed by atoms with Crippen molar-refractivity contribution >= 4 is 11.0 Å². The maximum atomic E-state index is 12.1. The number of benzene rings is 1. The van der Waals surface area contributed by atoms with E-state index in [0.717, 1.165) is 5.39 Å². The highest BCUT2D eigenvalue weighted by Gasteiger charge is 2.22. The Labute approximate surface area is 117 Å². The Bertz CT molecular complexity index is 710. The van der Waals surface area contributed by atoms with E-state index in [1.807, 2.05) is 13.8 Å². The van der Waals surface area contributed by atoms with E-state index in [1.54, 1.807) is 24.3 Å². The van der Waals surface area contributed by atoms with Gasteiger partial charge in [-0.1, -0.05) is 19.9 Å². The van der Waals surface area contributed by atoms with Gasteiger partial charge in [-0.25, -0.2) is 4.79 Å². The normalized spacial score (nSPS) is 11.6. The Morgan fingerprint density at radius 3 is 2.65 bits per heavy atom. The van der Waals surface area contributed by atoms with Crippen LogP contribution in [0.15, 0.2) is 40.1 Å². The van der Waals surface area contributed by atoms with Gasteiger partial charge in [0.25, 0.3) is 0 Å². The Balaban J connectivity index is 2.76. The molecule has 0 radical (unpaired) electrons. The molecular weight excluding hydrogens is 256 g/mol. The van der Waals surface area contributed by atoms with Gasteiger partial charge >= 0.3 is 5.63 Å². The maximum absolute atomic E-state index is 12.1. The summed E-state index contributed by atoms with van der Waals surface area (Å²) in [7, 11) is 1.51. The molecule has 0 bridgehead atoms. The molecule has 106 valence electrons. The smallest absolute Gasteiger partial charge is 0.340 e. The Morgan fingerprint density at radius 2 is 2.10 bits per heavy atom. The van der Waals surface area contributed by atoms with Gasteiger partial charge in [0, 0.05) is 28.0 Å². The van der Waals surface area contributed by atoms with E-state index in [0.29, 0.717) is 22.5 Å². The number of methoxy groups -OCH3 is 1. The monoisotopic (exact) mass is 274 g/mol. The number of ether oxygens (including phenoxy) is 1. The standard InChI is InChI=1S/C16H18O4/c1-5-16(2,3)12-7-10-6-11(9-17)13(19-4)8-14(10)20-15(12)18/h5-8,17H,1,9H2,2-4H3. The van der Waals surface area contributed by atoms with Gasteiger partial charge in [0.05, 0.1) is 13.7 Å². The summed E-state index contributed by atoms with van der Waals surface area (Å²) in [5, 5.41) is 10.1. The van der Waals surface area contributed by atoms with Crippen LogP contribution < -0.4 is 10.4 Å². The molecule has 2 aromatic rings. The molecule has 1 aromatic carbocycles. The molecule has 0 atom stereocenters. The van der Waals surface area contributed by atoms with Gasteiger partial charge in [0.15, 0.2) is 0 Å². The molecule has 0 aliphatic carbocycles. The van der Waals surface area contributed by atoms with E-state index >= 15 is 0 Å². The van der Waals surface area contributed by atoms with E-state index in [-0.39, 0.29) is 12.2 Å². The summed E-state index contributed by atoms with van der Waals surface area (Å²) in [5.74, 6) is 0.499. The predicted octanol–water partition coefficient (Wildman–Crippen LogP) is 2.76. The highest BCUT2D eigenvalue weighted by Crippen LogP contribution is 2.29.